The van der Waals surface area contributed by atoms with Gasteiger partial charge in [0.1, 0.15) is 5.82 Å². The molecule has 3 rings (SSSR count). The Hall–Kier alpha value is -2.55. The van der Waals surface area contributed by atoms with Gasteiger partial charge in [-0.05, 0) is 50.8 Å². The maximum Gasteiger partial charge on any atom is 0.417 e. The third kappa shape index (κ3) is 6.00. The fourth-order valence-electron chi connectivity index (χ4n) is 3.56. The van der Waals surface area contributed by atoms with Gasteiger partial charge in [-0.15, -0.1) is 0 Å². The van der Waals surface area contributed by atoms with Gasteiger partial charge in [0, 0.05) is 43.5 Å². The summed E-state index contributed by atoms with van der Waals surface area (Å²) in [6.07, 6.45) is -1.63. The van der Waals surface area contributed by atoms with Crippen molar-refractivity contribution in [3.63, 3.8) is 0 Å². The summed E-state index contributed by atoms with van der Waals surface area (Å²) in [5.41, 5.74) is -0.199. The molecule has 0 radical (unpaired) electrons. The summed E-state index contributed by atoms with van der Waals surface area (Å²) in [5.74, 6) is 0.852. The molecular weight excluding hydrogens is 431 g/mol. The predicted octanol–water partition coefficient (Wildman–Crippen LogP) is 4.68. The molecule has 0 spiro atoms. The molecular formula is C21H25ClF3N5O. The summed E-state index contributed by atoms with van der Waals surface area (Å²) in [7, 11) is 3.83. The molecule has 1 aromatic heterocycles. The van der Waals surface area contributed by atoms with Gasteiger partial charge in [0.15, 0.2) is 0 Å². The van der Waals surface area contributed by atoms with Crippen molar-refractivity contribution in [3.05, 3.63) is 46.1 Å². The first-order valence-electron chi connectivity index (χ1n) is 10.00. The highest BCUT2D eigenvalue weighted by molar-refractivity contribution is 6.31. The summed E-state index contributed by atoms with van der Waals surface area (Å²) in [6.45, 7) is 1.91. The molecule has 0 unspecified atom stereocenters. The molecule has 1 heterocycles. The molecule has 0 atom stereocenters. The zero-order chi connectivity index (χ0) is 22.8. The molecule has 0 aliphatic heterocycles. The highest BCUT2D eigenvalue weighted by Gasteiger charge is 2.34. The maximum absolute atomic E-state index is 13.0. The highest BCUT2D eigenvalue weighted by atomic mass is 35.5. The molecule has 1 amide bonds. The number of nitrogens with one attached hydrogen (secondary N) is 2. The van der Waals surface area contributed by atoms with E-state index >= 15 is 0 Å². The number of benzene rings is 1. The first-order valence-corrected chi connectivity index (χ1v) is 10.4. The number of nitrogens with zero attached hydrogens (tertiary/aromatic N) is 3. The molecule has 6 nitrogen and oxygen atoms in total. The van der Waals surface area contributed by atoms with Crippen LogP contribution in [0.5, 0.6) is 0 Å². The molecule has 0 bridgehead atoms. The van der Waals surface area contributed by atoms with Gasteiger partial charge in [-0.2, -0.15) is 18.2 Å². The lowest BCUT2D eigenvalue weighted by molar-refractivity contribution is -0.137. The van der Waals surface area contributed by atoms with Crippen molar-refractivity contribution in [1.82, 2.24) is 15.3 Å². The minimum absolute atomic E-state index is 0.0543. The largest absolute Gasteiger partial charge is 0.417 e. The number of alkyl halides is 3. The average molecular weight is 456 g/mol. The lowest BCUT2D eigenvalue weighted by atomic mass is 9.91. The Morgan fingerprint density at radius 3 is 2.35 bits per heavy atom. The second-order valence-corrected chi connectivity index (χ2v) is 8.35. The van der Waals surface area contributed by atoms with Crippen LogP contribution < -0.4 is 15.5 Å². The van der Waals surface area contributed by atoms with Crippen molar-refractivity contribution in [2.24, 2.45) is 0 Å². The van der Waals surface area contributed by atoms with E-state index in [0.717, 1.165) is 36.5 Å². The van der Waals surface area contributed by atoms with Crippen LogP contribution in [-0.2, 0) is 6.18 Å². The Morgan fingerprint density at radius 1 is 1.10 bits per heavy atom. The number of aryl methyl sites for hydroxylation is 1. The number of hydrogen-bond donors (Lipinski definition) is 2. The third-order valence-electron chi connectivity index (χ3n) is 5.23. The van der Waals surface area contributed by atoms with Crippen LogP contribution in [0.3, 0.4) is 0 Å². The minimum Gasteiger partial charge on any atom is -0.363 e. The number of hydrogen-bond acceptors (Lipinski definition) is 5. The standard InChI is InChI=1S/C21H25ClF3N5O/c1-12-10-18(30(2)3)29-20(26-12)28-15-7-5-14(6-8-15)27-19(31)13-4-9-17(22)16(11-13)21(23,24)25/h4,9-11,14-15H,5-8H2,1-3H3,(H,27,31)(H,26,28,29). The van der Waals surface area contributed by atoms with Gasteiger partial charge in [0.2, 0.25) is 5.95 Å². The van der Waals surface area contributed by atoms with Crippen LogP contribution in [-0.4, -0.2) is 42.1 Å². The van der Waals surface area contributed by atoms with Gasteiger partial charge in [-0.3, -0.25) is 4.79 Å². The molecule has 168 valence electrons. The summed E-state index contributed by atoms with van der Waals surface area (Å²) in [4.78, 5) is 23.3. The van der Waals surface area contributed by atoms with Crippen molar-refractivity contribution in [1.29, 1.82) is 0 Å². The lowest BCUT2D eigenvalue weighted by Gasteiger charge is -2.30. The number of rotatable bonds is 5. The molecule has 1 aromatic carbocycles. The molecule has 2 N–H and O–H groups in total. The van der Waals surface area contributed by atoms with E-state index in [1.165, 1.54) is 6.07 Å². The molecule has 1 saturated carbocycles. The van der Waals surface area contributed by atoms with Gasteiger partial charge >= 0.3 is 6.18 Å². The number of carbonyl (C=O) groups excluding carboxylic acids is 1. The van der Waals surface area contributed by atoms with Crippen LogP contribution in [0.4, 0.5) is 24.9 Å². The zero-order valence-corrected chi connectivity index (χ0v) is 18.3. The van der Waals surface area contributed by atoms with Crippen LogP contribution in [0.25, 0.3) is 0 Å². The van der Waals surface area contributed by atoms with Crippen molar-refractivity contribution >= 4 is 29.3 Å². The number of aromatic nitrogens is 2. The first kappa shape index (κ1) is 23.1. The number of amides is 1. The van der Waals surface area contributed by atoms with E-state index in [1.807, 2.05) is 32.0 Å². The summed E-state index contributed by atoms with van der Waals surface area (Å²) in [6, 6.07) is 5.16. The Bertz CT molecular complexity index is 943. The molecule has 10 heteroatoms. The molecule has 1 fully saturated rings. The fraction of sp³-hybridized carbons (Fsp3) is 0.476. The average Bonchev–Trinajstić information content (AvgIpc) is 2.68. The van der Waals surface area contributed by atoms with Crippen molar-refractivity contribution in [2.75, 3.05) is 24.3 Å². The summed E-state index contributed by atoms with van der Waals surface area (Å²) in [5, 5.41) is 5.76. The minimum atomic E-state index is -4.61. The van der Waals surface area contributed by atoms with E-state index in [-0.39, 0.29) is 17.6 Å². The van der Waals surface area contributed by atoms with E-state index in [1.54, 1.807) is 0 Å². The summed E-state index contributed by atoms with van der Waals surface area (Å²) >= 11 is 5.63. The topological polar surface area (TPSA) is 70.2 Å². The van der Waals surface area contributed by atoms with Gasteiger partial charge in [-0.25, -0.2) is 4.98 Å². The Kier molecular flexibility index (Phi) is 6.93. The van der Waals surface area contributed by atoms with Crippen molar-refractivity contribution in [2.45, 2.75) is 50.9 Å². The Balaban J connectivity index is 1.57. The lowest BCUT2D eigenvalue weighted by Crippen LogP contribution is -2.40. The zero-order valence-electron chi connectivity index (χ0n) is 17.6. The molecule has 31 heavy (non-hydrogen) atoms. The summed E-state index contributed by atoms with van der Waals surface area (Å²) < 4.78 is 39.1. The normalized spacial score (nSPS) is 19.1. The SMILES string of the molecule is Cc1cc(N(C)C)nc(NC2CCC(NC(=O)c3ccc(Cl)c(C(F)(F)F)c3)CC2)n1. The van der Waals surface area contributed by atoms with E-state index in [0.29, 0.717) is 18.8 Å². The van der Waals surface area contributed by atoms with E-state index < -0.39 is 22.7 Å². The van der Waals surface area contributed by atoms with Crippen LogP contribution in [0.2, 0.25) is 5.02 Å². The number of carbonyl (C=O) groups is 1. The van der Waals surface area contributed by atoms with Crippen LogP contribution >= 0.6 is 11.6 Å². The van der Waals surface area contributed by atoms with Gasteiger partial charge < -0.3 is 15.5 Å². The molecule has 1 aliphatic rings. The van der Waals surface area contributed by atoms with Gasteiger partial charge in [-0.1, -0.05) is 11.6 Å². The van der Waals surface area contributed by atoms with E-state index in [4.69, 9.17) is 11.6 Å². The first-order chi connectivity index (χ1) is 14.5. The Labute approximate surface area is 184 Å². The maximum atomic E-state index is 13.0. The predicted molar refractivity (Wildman–Crippen MR) is 115 cm³/mol. The second kappa shape index (κ2) is 9.30. The molecule has 1 aliphatic carbocycles. The van der Waals surface area contributed by atoms with Gasteiger partial charge in [0.05, 0.1) is 10.6 Å². The fourth-order valence-corrected chi connectivity index (χ4v) is 3.79. The molecule has 0 saturated heterocycles. The quantitative estimate of drug-likeness (QED) is 0.685. The monoisotopic (exact) mass is 455 g/mol. The second-order valence-electron chi connectivity index (χ2n) is 7.94. The van der Waals surface area contributed by atoms with Crippen molar-refractivity contribution < 1.29 is 18.0 Å². The van der Waals surface area contributed by atoms with Gasteiger partial charge in [0.25, 0.3) is 5.91 Å². The van der Waals surface area contributed by atoms with Crippen LogP contribution in [0.15, 0.2) is 24.3 Å². The third-order valence-corrected chi connectivity index (χ3v) is 5.56. The van der Waals surface area contributed by atoms with Crippen LogP contribution in [0, 0.1) is 6.92 Å². The highest BCUT2D eigenvalue weighted by Crippen LogP contribution is 2.35. The van der Waals surface area contributed by atoms with E-state index in [2.05, 4.69) is 20.6 Å². The number of halogens is 4. The smallest absolute Gasteiger partial charge is 0.363 e. The van der Waals surface area contributed by atoms with Crippen LogP contribution in [0.1, 0.15) is 47.3 Å². The van der Waals surface area contributed by atoms with Crippen molar-refractivity contribution in [3.8, 4) is 0 Å². The Morgan fingerprint density at radius 2 is 1.74 bits per heavy atom. The number of anilines is 2. The molecule has 2 aromatic rings. The van der Waals surface area contributed by atoms with E-state index in [9.17, 15) is 18.0 Å².